The van der Waals surface area contributed by atoms with Crippen LogP contribution < -0.4 is 0 Å². The maximum Gasteiger partial charge on any atom is 0.469 e. The van der Waals surface area contributed by atoms with Crippen LogP contribution >= 0.6 is 7.82 Å². The van der Waals surface area contributed by atoms with Crippen molar-refractivity contribution in [3.63, 3.8) is 0 Å². The van der Waals surface area contributed by atoms with Crippen molar-refractivity contribution in [3.8, 4) is 0 Å². The Balaban J connectivity index is 3.98. The van der Waals surface area contributed by atoms with Crippen molar-refractivity contribution in [1.82, 2.24) is 0 Å². The van der Waals surface area contributed by atoms with Gasteiger partial charge in [-0.25, -0.2) is 4.57 Å². The highest BCUT2D eigenvalue weighted by atomic mass is 31.2. The van der Waals surface area contributed by atoms with Gasteiger partial charge < -0.3 is 19.3 Å². The van der Waals surface area contributed by atoms with E-state index in [4.69, 9.17) is 14.5 Å². The maximum absolute atomic E-state index is 11.8. The lowest BCUT2D eigenvalue weighted by atomic mass is 10.1. The van der Waals surface area contributed by atoms with Gasteiger partial charge in [0.25, 0.3) is 0 Å². The molecule has 0 spiro atoms. The molecular formula is C17H33O7P. The van der Waals surface area contributed by atoms with Gasteiger partial charge in [-0.3, -0.25) is 9.32 Å². The van der Waals surface area contributed by atoms with E-state index in [1.54, 1.807) is 0 Å². The third-order valence-corrected chi connectivity index (χ3v) is 4.26. The maximum atomic E-state index is 11.8. The third-order valence-electron chi connectivity index (χ3n) is 3.78. The first-order chi connectivity index (χ1) is 11.7. The van der Waals surface area contributed by atoms with Crippen molar-refractivity contribution in [2.45, 2.75) is 90.6 Å². The van der Waals surface area contributed by atoms with E-state index in [0.29, 0.717) is 0 Å². The van der Waals surface area contributed by atoms with E-state index in [1.807, 2.05) is 0 Å². The smallest absolute Gasteiger partial charge is 0.460 e. The van der Waals surface area contributed by atoms with Crippen molar-refractivity contribution >= 4 is 19.6 Å². The van der Waals surface area contributed by atoms with Crippen molar-refractivity contribution in [1.29, 1.82) is 0 Å². The average Bonchev–Trinajstić information content (AvgIpc) is 2.51. The van der Waals surface area contributed by atoms with E-state index in [9.17, 15) is 14.2 Å². The fraction of sp³-hybridized carbons (Fsp3) is 0.882. The zero-order valence-corrected chi connectivity index (χ0v) is 16.3. The van der Waals surface area contributed by atoms with E-state index in [1.165, 1.54) is 39.0 Å². The van der Waals surface area contributed by atoms with Gasteiger partial charge in [0.1, 0.15) is 11.9 Å². The van der Waals surface area contributed by atoms with Gasteiger partial charge in [-0.05, 0) is 19.8 Å². The molecule has 0 aromatic heterocycles. The Morgan fingerprint density at radius 2 is 1.52 bits per heavy atom. The highest BCUT2D eigenvalue weighted by Crippen LogP contribution is 2.36. The Morgan fingerprint density at radius 3 is 2.04 bits per heavy atom. The van der Waals surface area contributed by atoms with Crippen LogP contribution in [0.25, 0.3) is 0 Å². The minimum atomic E-state index is -4.63. The molecule has 2 N–H and O–H groups in total. The number of Topliss-reactive ketones (excluding diaryl/α,β-unsaturated/α-hetero) is 1. The molecule has 0 aliphatic rings. The number of esters is 1. The molecule has 0 unspecified atom stereocenters. The number of carbonyl (C=O) groups is 2. The topological polar surface area (TPSA) is 110 Å². The number of phosphoric ester groups is 1. The Labute approximate surface area is 150 Å². The lowest BCUT2D eigenvalue weighted by Gasteiger charge is -2.18. The van der Waals surface area contributed by atoms with Gasteiger partial charge in [-0.2, -0.15) is 0 Å². The first-order valence-electron chi connectivity index (χ1n) is 9.13. The predicted molar refractivity (Wildman–Crippen MR) is 95.0 cm³/mol. The molecule has 8 heteroatoms. The first-order valence-corrected chi connectivity index (χ1v) is 10.7. The summed E-state index contributed by atoms with van der Waals surface area (Å²) in [5.41, 5.74) is 0. The molecule has 0 fully saturated rings. The Hall–Kier alpha value is -0.750. The van der Waals surface area contributed by atoms with Crippen LogP contribution in [0, 0.1) is 0 Å². The monoisotopic (exact) mass is 380 g/mol. The van der Waals surface area contributed by atoms with Gasteiger partial charge in [0.2, 0.25) is 0 Å². The minimum absolute atomic E-state index is 0.0831. The predicted octanol–water partition coefficient (Wildman–Crippen LogP) is 3.91. The van der Waals surface area contributed by atoms with E-state index in [-0.39, 0.29) is 25.0 Å². The molecule has 0 aromatic rings. The SMILES string of the molecule is CCCCCCCCCCC(=O)O[C@H](CCC(C)=O)COP(=O)(O)O. The average molecular weight is 380 g/mol. The third kappa shape index (κ3) is 17.9. The molecule has 0 saturated carbocycles. The Bertz CT molecular complexity index is 419. The summed E-state index contributed by atoms with van der Waals surface area (Å²) in [6, 6.07) is 0. The molecule has 25 heavy (non-hydrogen) atoms. The number of phosphoric acid groups is 1. The molecule has 0 aliphatic heterocycles. The number of unbranched alkanes of at least 4 members (excludes halogenated alkanes) is 7. The first kappa shape index (κ1) is 24.2. The van der Waals surface area contributed by atoms with Crippen LogP contribution in [0.3, 0.4) is 0 Å². The fourth-order valence-corrected chi connectivity index (χ4v) is 2.73. The summed E-state index contributed by atoms with van der Waals surface area (Å²) >= 11 is 0. The molecule has 0 amide bonds. The van der Waals surface area contributed by atoms with Gasteiger partial charge >= 0.3 is 13.8 Å². The van der Waals surface area contributed by atoms with E-state index >= 15 is 0 Å². The van der Waals surface area contributed by atoms with Crippen molar-refractivity contribution < 1.29 is 33.2 Å². The van der Waals surface area contributed by atoms with E-state index < -0.39 is 26.5 Å². The van der Waals surface area contributed by atoms with Crippen LogP contribution in [-0.2, 0) is 23.4 Å². The van der Waals surface area contributed by atoms with Gasteiger partial charge in [0.15, 0.2) is 0 Å². The molecular weight excluding hydrogens is 347 g/mol. The molecule has 0 saturated heterocycles. The molecule has 0 aliphatic carbocycles. The van der Waals surface area contributed by atoms with Crippen LogP contribution in [0.4, 0.5) is 0 Å². The summed E-state index contributed by atoms with van der Waals surface area (Å²) < 4.78 is 20.4. The van der Waals surface area contributed by atoms with Crippen LogP contribution in [0.1, 0.15) is 84.5 Å². The number of carbonyl (C=O) groups excluding carboxylic acids is 2. The van der Waals surface area contributed by atoms with Crippen LogP contribution in [0.15, 0.2) is 0 Å². The summed E-state index contributed by atoms with van der Waals surface area (Å²) in [6.07, 6.45) is 8.73. The largest absolute Gasteiger partial charge is 0.469 e. The standard InChI is InChI=1S/C17H33O7P/c1-3-4-5-6-7-8-9-10-11-17(19)24-16(13-12-15(2)18)14-23-25(20,21)22/h16H,3-14H2,1-2H3,(H2,20,21,22)/t16-/m1/s1. The summed E-state index contributed by atoms with van der Waals surface area (Å²) in [5, 5.41) is 0. The number of hydrogen-bond donors (Lipinski definition) is 2. The number of ketones is 1. The second-order valence-electron chi connectivity index (χ2n) is 6.36. The number of rotatable bonds is 16. The van der Waals surface area contributed by atoms with Crippen LogP contribution in [0.2, 0.25) is 0 Å². The summed E-state index contributed by atoms with van der Waals surface area (Å²) in [6.45, 7) is 3.17. The molecule has 7 nitrogen and oxygen atoms in total. The van der Waals surface area contributed by atoms with Gasteiger partial charge in [-0.1, -0.05) is 51.9 Å². The zero-order valence-electron chi connectivity index (χ0n) is 15.4. The highest BCUT2D eigenvalue weighted by molar-refractivity contribution is 7.46. The molecule has 0 rings (SSSR count). The van der Waals surface area contributed by atoms with E-state index in [0.717, 1.165) is 19.3 Å². The minimum Gasteiger partial charge on any atom is -0.460 e. The molecule has 0 radical (unpaired) electrons. The Kier molecular flexibility index (Phi) is 14.0. The van der Waals surface area contributed by atoms with Gasteiger partial charge in [-0.15, -0.1) is 0 Å². The number of hydrogen-bond acceptors (Lipinski definition) is 5. The molecule has 0 bridgehead atoms. The molecule has 0 aromatic carbocycles. The second-order valence-corrected chi connectivity index (χ2v) is 7.60. The van der Waals surface area contributed by atoms with E-state index in [2.05, 4.69) is 11.4 Å². The second kappa shape index (κ2) is 14.4. The molecule has 1 atom stereocenters. The normalized spacial score (nSPS) is 12.8. The van der Waals surface area contributed by atoms with Gasteiger partial charge in [0.05, 0.1) is 6.61 Å². The van der Waals surface area contributed by atoms with Crippen molar-refractivity contribution in [2.75, 3.05) is 6.61 Å². The fourth-order valence-electron chi connectivity index (χ4n) is 2.37. The summed E-state index contributed by atoms with van der Waals surface area (Å²) in [7, 11) is -4.63. The van der Waals surface area contributed by atoms with Crippen LogP contribution in [-0.4, -0.2) is 34.3 Å². The number of ether oxygens (including phenoxy) is 1. The lowest BCUT2D eigenvalue weighted by Crippen LogP contribution is -2.24. The Morgan fingerprint density at radius 1 is 0.960 bits per heavy atom. The quantitative estimate of drug-likeness (QED) is 0.237. The van der Waals surface area contributed by atoms with Crippen molar-refractivity contribution in [2.24, 2.45) is 0 Å². The highest BCUT2D eigenvalue weighted by Gasteiger charge is 2.21. The lowest BCUT2D eigenvalue weighted by molar-refractivity contribution is -0.151. The molecule has 0 heterocycles. The van der Waals surface area contributed by atoms with Crippen molar-refractivity contribution in [3.05, 3.63) is 0 Å². The molecule has 148 valence electrons. The zero-order chi connectivity index (χ0) is 19.1. The van der Waals surface area contributed by atoms with Crippen LogP contribution in [0.5, 0.6) is 0 Å². The summed E-state index contributed by atoms with van der Waals surface area (Å²) in [4.78, 5) is 40.4. The summed E-state index contributed by atoms with van der Waals surface area (Å²) in [5.74, 6) is -0.505. The van der Waals surface area contributed by atoms with Gasteiger partial charge in [0, 0.05) is 12.8 Å².